The molecule has 1 aliphatic heterocycles. The summed E-state index contributed by atoms with van der Waals surface area (Å²) in [6.45, 7) is 2.77. The van der Waals surface area contributed by atoms with Crippen molar-refractivity contribution in [1.29, 1.82) is 5.26 Å². The van der Waals surface area contributed by atoms with Crippen LogP contribution in [0.1, 0.15) is 29.8 Å². The highest BCUT2D eigenvalue weighted by Crippen LogP contribution is 2.21. The summed E-state index contributed by atoms with van der Waals surface area (Å²) in [5.41, 5.74) is 1.90. The monoisotopic (exact) mass is 205 g/mol. The van der Waals surface area contributed by atoms with Crippen molar-refractivity contribution in [2.45, 2.75) is 25.9 Å². The van der Waals surface area contributed by atoms with Gasteiger partial charge >= 0.3 is 5.69 Å². The van der Waals surface area contributed by atoms with Gasteiger partial charge in [-0.05, 0) is 6.92 Å². The fraction of sp³-hybridized carbons (Fsp3) is 0.500. The van der Waals surface area contributed by atoms with Gasteiger partial charge in [-0.2, -0.15) is 10.2 Å². The Hall–Kier alpha value is -1.67. The summed E-state index contributed by atoms with van der Waals surface area (Å²) < 4.78 is 5.30. The van der Waals surface area contributed by atoms with E-state index in [0.717, 1.165) is 11.3 Å². The Labute approximate surface area is 86.7 Å². The molecule has 0 bridgehead atoms. The van der Waals surface area contributed by atoms with Gasteiger partial charge in [0.1, 0.15) is 0 Å². The average Bonchev–Trinajstić information content (AvgIpc) is 2.26. The van der Waals surface area contributed by atoms with E-state index in [-0.39, 0.29) is 11.6 Å². The molecule has 0 radical (unpaired) electrons. The minimum absolute atomic E-state index is 0.372. The Kier molecular flexibility index (Phi) is 2.52. The maximum atomic E-state index is 11.3. The minimum atomic E-state index is -0.382. The first-order valence-electron chi connectivity index (χ1n) is 4.81. The molecule has 1 unspecified atom stereocenters. The van der Waals surface area contributed by atoms with Gasteiger partial charge in [0.15, 0.2) is 0 Å². The molecule has 1 atom stereocenters. The largest absolute Gasteiger partial charge is 0.376 e. The van der Waals surface area contributed by atoms with Crippen molar-refractivity contribution in [2.75, 3.05) is 6.61 Å². The Bertz CT molecular complexity index is 473. The normalized spacial score (nSPS) is 16.5. The molecule has 1 N–H and O–H groups in total. The maximum absolute atomic E-state index is 11.3. The molecule has 1 aromatic heterocycles. The van der Waals surface area contributed by atoms with Crippen LogP contribution in [0.5, 0.6) is 0 Å². The van der Waals surface area contributed by atoms with E-state index in [9.17, 15) is 4.79 Å². The van der Waals surface area contributed by atoms with Crippen LogP contribution in [0.3, 0.4) is 0 Å². The lowest BCUT2D eigenvalue weighted by atomic mass is 10.0. The molecule has 78 valence electrons. The standard InChI is InChI=1S/C10H11N3O2/c1-6(4-11)9-7-5-15-3-2-8(7)12-10(14)13-9/h6H,2-3,5H2,1H3,(H,12,13,14). The van der Waals surface area contributed by atoms with Crippen LogP contribution in [0.25, 0.3) is 0 Å². The van der Waals surface area contributed by atoms with Crippen molar-refractivity contribution in [3.05, 3.63) is 27.4 Å². The van der Waals surface area contributed by atoms with Gasteiger partial charge in [-0.15, -0.1) is 0 Å². The minimum Gasteiger partial charge on any atom is -0.376 e. The predicted octanol–water partition coefficient (Wildman–Crippen LogP) is 0.470. The second kappa shape index (κ2) is 3.83. The molecule has 2 heterocycles. The summed E-state index contributed by atoms with van der Waals surface area (Å²) in [5.74, 6) is -0.372. The van der Waals surface area contributed by atoms with E-state index >= 15 is 0 Å². The van der Waals surface area contributed by atoms with Crippen LogP contribution in [0.15, 0.2) is 4.79 Å². The zero-order chi connectivity index (χ0) is 10.8. The summed E-state index contributed by atoms with van der Waals surface area (Å²) in [5, 5.41) is 8.84. The van der Waals surface area contributed by atoms with Crippen molar-refractivity contribution in [3.8, 4) is 6.07 Å². The van der Waals surface area contributed by atoms with Crippen molar-refractivity contribution in [1.82, 2.24) is 9.97 Å². The molecular weight excluding hydrogens is 194 g/mol. The lowest BCUT2D eigenvalue weighted by Crippen LogP contribution is -2.24. The number of hydrogen-bond acceptors (Lipinski definition) is 4. The molecule has 5 heteroatoms. The molecule has 0 aromatic carbocycles. The molecule has 0 spiro atoms. The van der Waals surface area contributed by atoms with Gasteiger partial charge in [-0.1, -0.05) is 0 Å². The molecule has 0 fully saturated rings. The SMILES string of the molecule is CC(C#N)c1nc(=O)[nH]c2c1COCC2. The van der Waals surface area contributed by atoms with Crippen LogP contribution >= 0.6 is 0 Å². The van der Waals surface area contributed by atoms with Crippen molar-refractivity contribution >= 4 is 0 Å². The number of aromatic amines is 1. The van der Waals surface area contributed by atoms with Gasteiger partial charge in [0, 0.05) is 17.7 Å². The zero-order valence-corrected chi connectivity index (χ0v) is 8.41. The molecule has 5 nitrogen and oxygen atoms in total. The third kappa shape index (κ3) is 1.76. The molecule has 0 saturated carbocycles. The molecule has 0 aliphatic carbocycles. The van der Waals surface area contributed by atoms with Crippen LogP contribution in [0, 0.1) is 11.3 Å². The van der Waals surface area contributed by atoms with E-state index < -0.39 is 0 Å². The van der Waals surface area contributed by atoms with E-state index in [1.54, 1.807) is 6.92 Å². The first-order valence-corrected chi connectivity index (χ1v) is 4.81. The van der Waals surface area contributed by atoms with Gasteiger partial charge in [0.25, 0.3) is 0 Å². The number of nitrogens with one attached hydrogen (secondary N) is 1. The van der Waals surface area contributed by atoms with Crippen LogP contribution in [0.2, 0.25) is 0 Å². The van der Waals surface area contributed by atoms with Crippen LogP contribution < -0.4 is 5.69 Å². The summed E-state index contributed by atoms with van der Waals surface area (Å²) in [7, 11) is 0. The van der Waals surface area contributed by atoms with Crippen molar-refractivity contribution < 1.29 is 4.74 Å². The Morgan fingerprint density at radius 1 is 1.67 bits per heavy atom. The van der Waals surface area contributed by atoms with Crippen LogP contribution in [-0.2, 0) is 17.8 Å². The highest BCUT2D eigenvalue weighted by molar-refractivity contribution is 5.30. The Balaban J connectivity index is 2.58. The third-order valence-electron chi connectivity index (χ3n) is 2.50. The van der Waals surface area contributed by atoms with Crippen LogP contribution in [0.4, 0.5) is 0 Å². The maximum Gasteiger partial charge on any atom is 0.345 e. The Morgan fingerprint density at radius 3 is 3.20 bits per heavy atom. The van der Waals surface area contributed by atoms with Gasteiger partial charge in [0.2, 0.25) is 0 Å². The number of ether oxygens (including phenoxy) is 1. The third-order valence-corrected chi connectivity index (χ3v) is 2.50. The lowest BCUT2D eigenvalue weighted by molar-refractivity contribution is 0.107. The van der Waals surface area contributed by atoms with Gasteiger partial charge in [0.05, 0.1) is 30.9 Å². The van der Waals surface area contributed by atoms with Crippen molar-refractivity contribution in [3.63, 3.8) is 0 Å². The number of fused-ring (bicyclic) bond motifs is 1. The van der Waals surface area contributed by atoms with Crippen molar-refractivity contribution in [2.24, 2.45) is 0 Å². The quantitative estimate of drug-likeness (QED) is 0.722. The van der Waals surface area contributed by atoms with E-state index in [4.69, 9.17) is 10.00 Å². The molecule has 0 amide bonds. The van der Waals surface area contributed by atoms with Crippen LogP contribution in [-0.4, -0.2) is 16.6 Å². The highest BCUT2D eigenvalue weighted by Gasteiger charge is 2.19. The van der Waals surface area contributed by atoms with E-state index in [0.29, 0.717) is 25.3 Å². The summed E-state index contributed by atoms with van der Waals surface area (Å²) >= 11 is 0. The molecule has 1 aliphatic rings. The summed E-state index contributed by atoms with van der Waals surface area (Å²) in [6.07, 6.45) is 0.679. The topological polar surface area (TPSA) is 78.8 Å². The number of nitrogens with zero attached hydrogens (tertiary/aromatic N) is 2. The fourth-order valence-electron chi connectivity index (χ4n) is 1.71. The molecular formula is C10H11N3O2. The number of rotatable bonds is 1. The van der Waals surface area contributed by atoms with E-state index in [1.807, 2.05) is 0 Å². The smallest absolute Gasteiger partial charge is 0.345 e. The number of aromatic nitrogens is 2. The zero-order valence-electron chi connectivity index (χ0n) is 8.41. The van der Waals surface area contributed by atoms with Gasteiger partial charge < -0.3 is 9.72 Å². The lowest BCUT2D eigenvalue weighted by Gasteiger charge is -2.18. The molecule has 15 heavy (non-hydrogen) atoms. The molecule has 2 rings (SSSR count). The molecule has 0 saturated heterocycles. The number of nitriles is 1. The van der Waals surface area contributed by atoms with Gasteiger partial charge in [-0.3, -0.25) is 0 Å². The second-order valence-electron chi connectivity index (χ2n) is 3.54. The summed E-state index contributed by atoms with van der Waals surface area (Å²) in [4.78, 5) is 17.8. The second-order valence-corrected chi connectivity index (χ2v) is 3.54. The van der Waals surface area contributed by atoms with Gasteiger partial charge in [-0.25, -0.2) is 4.79 Å². The summed E-state index contributed by atoms with van der Waals surface area (Å²) in [6, 6.07) is 2.09. The van der Waals surface area contributed by atoms with E-state index in [1.165, 1.54) is 0 Å². The molecule has 1 aromatic rings. The predicted molar refractivity (Wildman–Crippen MR) is 52.2 cm³/mol. The fourth-order valence-corrected chi connectivity index (χ4v) is 1.71. The number of hydrogen-bond donors (Lipinski definition) is 1. The Morgan fingerprint density at radius 2 is 2.47 bits per heavy atom. The van der Waals surface area contributed by atoms with E-state index in [2.05, 4.69) is 16.0 Å². The average molecular weight is 205 g/mol. The first kappa shape index (κ1) is 9.87. The highest BCUT2D eigenvalue weighted by atomic mass is 16.5. The number of H-pyrrole nitrogens is 1. The first-order chi connectivity index (χ1) is 7.22.